The standard InChI is InChI=1S/C15H17BrN2O3/c1-18(2)8-11-14(19)7-13(17-15(11)20)10-6-9(21-3)4-5-12(10)16/h4-6,8,13H,7H2,1-3H3,(H,17,20)/b11-8-/t13-/m1/s1. The number of ketones is 1. The average molecular weight is 353 g/mol. The number of methoxy groups -OCH3 is 1. The summed E-state index contributed by atoms with van der Waals surface area (Å²) in [7, 11) is 5.13. The van der Waals surface area contributed by atoms with Gasteiger partial charge in [-0.15, -0.1) is 0 Å². The van der Waals surface area contributed by atoms with Crippen LogP contribution in [0, 0.1) is 0 Å². The first-order valence-electron chi connectivity index (χ1n) is 6.48. The van der Waals surface area contributed by atoms with E-state index in [2.05, 4.69) is 21.2 Å². The minimum Gasteiger partial charge on any atom is -0.497 e. The van der Waals surface area contributed by atoms with Gasteiger partial charge in [-0.05, 0) is 23.8 Å². The molecule has 1 aliphatic rings. The third-order valence-electron chi connectivity index (χ3n) is 3.21. The molecule has 1 N–H and O–H groups in total. The first-order chi connectivity index (χ1) is 9.92. The van der Waals surface area contributed by atoms with Crippen molar-refractivity contribution in [2.24, 2.45) is 0 Å². The van der Waals surface area contributed by atoms with E-state index in [1.54, 1.807) is 32.3 Å². The number of halogens is 1. The van der Waals surface area contributed by atoms with E-state index < -0.39 is 0 Å². The molecule has 6 heteroatoms. The van der Waals surface area contributed by atoms with E-state index in [1.165, 1.54) is 0 Å². The third-order valence-corrected chi connectivity index (χ3v) is 3.93. The second kappa shape index (κ2) is 6.30. The normalized spacial score (nSPS) is 20.4. The van der Waals surface area contributed by atoms with Crippen molar-refractivity contribution in [3.8, 4) is 5.75 Å². The predicted molar refractivity (Wildman–Crippen MR) is 83.0 cm³/mol. The molecule has 112 valence electrons. The Bertz CT molecular complexity index is 591. The Hall–Kier alpha value is -1.82. The largest absolute Gasteiger partial charge is 0.497 e. The SMILES string of the molecule is COc1ccc(Br)c([C@H]2CC(=O)/C(=C/N(C)C)C(=O)N2)c1. The van der Waals surface area contributed by atoms with Crippen LogP contribution in [0.2, 0.25) is 0 Å². The molecule has 1 aromatic rings. The Morgan fingerprint density at radius 3 is 2.67 bits per heavy atom. The van der Waals surface area contributed by atoms with Gasteiger partial charge < -0.3 is 15.0 Å². The molecule has 2 rings (SSSR count). The fourth-order valence-corrected chi connectivity index (χ4v) is 2.72. The van der Waals surface area contributed by atoms with Crippen LogP contribution < -0.4 is 10.1 Å². The van der Waals surface area contributed by atoms with Crippen LogP contribution in [0.5, 0.6) is 5.75 Å². The lowest BCUT2D eigenvalue weighted by Gasteiger charge is -2.26. The molecule has 0 radical (unpaired) electrons. The van der Waals surface area contributed by atoms with Crippen molar-refractivity contribution in [1.29, 1.82) is 0 Å². The molecule has 1 aliphatic heterocycles. The number of ether oxygens (including phenoxy) is 1. The van der Waals surface area contributed by atoms with Gasteiger partial charge in [-0.1, -0.05) is 15.9 Å². The van der Waals surface area contributed by atoms with Gasteiger partial charge in [-0.25, -0.2) is 0 Å². The fourth-order valence-electron chi connectivity index (χ4n) is 2.20. The second-order valence-corrected chi connectivity index (χ2v) is 5.90. The molecule has 0 spiro atoms. The zero-order valence-electron chi connectivity index (χ0n) is 12.1. The zero-order chi connectivity index (χ0) is 15.6. The Balaban J connectivity index is 2.30. The molecule has 5 nitrogen and oxygen atoms in total. The van der Waals surface area contributed by atoms with Crippen LogP contribution >= 0.6 is 15.9 Å². The monoisotopic (exact) mass is 352 g/mol. The zero-order valence-corrected chi connectivity index (χ0v) is 13.7. The summed E-state index contributed by atoms with van der Waals surface area (Å²) in [6.45, 7) is 0. The molecule has 1 aromatic carbocycles. The number of carbonyl (C=O) groups excluding carboxylic acids is 2. The van der Waals surface area contributed by atoms with Gasteiger partial charge in [0.15, 0.2) is 5.78 Å². The van der Waals surface area contributed by atoms with Crippen molar-refractivity contribution in [2.75, 3.05) is 21.2 Å². The van der Waals surface area contributed by atoms with Gasteiger partial charge in [0.1, 0.15) is 5.75 Å². The van der Waals surface area contributed by atoms with Gasteiger partial charge >= 0.3 is 0 Å². The van der Waals surface area contributed by atoms with Crippen molar-refractivity contribution < 1.29 is 14.3 Å². The van der Waals surface area contributed by atoms with E-state index in [9.17, 15) is 9.59 Å². The molecule has 1 fully saturated rings. The molecule has 0 bridgehead atoms. The van der Waals surface area contributed by atoms with E-state index >= 15 is 0 Å². The Morgan fingerprint density at radius 1 is 1.38 bits per heavy atom. The number of piperidine rings is 1. The summed E-state index contributed by atoms with van der Waals surface area (Å²) in [5.41, 5.74) is 1.02. The maximum atomic E-state index is 12.2. The second-order valence-electron chi connectivity index (χ2n) is 5.05. The number of Topliss-reactive ketones (excluding diaryl/α,β-unsaturated/α-hetero) is 1. The van der Waals surface area contributed by atoms with E-state index in [-0.39, 0.29) is 29.7 Å². The summed E-state index contributed by atoms with van der Waals surface area (Å²) in [6.07, 6.45) is 1.78. The smallest absolute Gasteiger partial charge is 0.256 e. The number of hydrogen-bond acceptors (Lipinski definition) is 4. The Kier molecular flexibility index (Phi) is 4.67. The van der Waals surface area contributed by atoms with Crippen LogP contribution in [0.25, 0.3) is 0 Å². The highest BCUT2D eigenvalue weighted by atomic mass is 79.9. The van der Waals surface area contributed by atoms with Crippen LogP contribution in [0.4, 0.5) is 0 Å². The fraction of sp³-hybridized carbons (Fsp3) is 0.333. The van der Waals surface area contributed by atoms with E-state index in [1.807, 2.05) is 18.2 Å². The van der Waals surface area contributed by atoms with Gasteiger partial charge in [0, 0.05) is 31.2 Å². The number of carbonyl (C=O) groups is 2. The van der Waals surface area contributed by atoms with Crippen LogP contribution in [0.15, 0.2) is 34.4 Å². The molecule has 0 aromatic heterocycles. The van der Waals surface area contributed by atoms with Crippen molar-refractivity contribution >= 4 is 27.6 Å². The lowest BCUT2D eigenvalue weighted by molar-refractivity contribution is -0.126. The number of benzene rings is 1. The first-order valence-corrected chi connectivity index (χ1v) is 7.27. The van der Waals surface area contributed by atoms with Gasteiger partial charge in [-0.2, -0.15) is 0 Å². The summed E-state index contributed by atoms with van der Waals surface area (Å²) in [5.74, 6) is 0.177. The highest BCUT2D eigenvalue weighted by Gasteiger charge is 2.31. The summed E-state index contributed by atoms with van der Waals surface area (Å²) < 4.78 is 6.03. The lowest BCUT2D eigenvalue weighted by Crippen LogP contribution is -2.40. The topological polar surface area (TPSA) is 58.6 Å². The molecule has 0 aliphatic carbocycles. The molecule has 1 amide bonds. The first kappa shape index (κ1) is 15.6. The molecular weight excluding hydrogens is 336 g/mol. The van der Waals surface area contributed by atoms with Crippen molar-refractivity contribution in [1.82, 2.24) is 10.2 Å². The van der Waals surface area contributed by atoms with Crippen LogP contribution in [0.3, 0.4) is 0 Å². The average Bonchev–Trinajstić information content (AvgIpc) is 2.43. The van der Waals surface area contributed by atoms with E-state index in [0.29, 0.717) is 5.75 Å². The number of nitrogens with zero attached hydrogens (tertiary/aromatic N) is 1. The molecule has 0 unspecified atom stereocenters. The van der Waals surface area contributed by atoms with Crippen LogP contribution in [-0.2, 0) is 9.59 Å². The van der Waals surface area contributed by atoms with Crippen molar-refractivity contribution in [3.05, 3.63) is 40.0 Å². The minimum atomic E-state index is -0.353. The highest BCUT2D eigenvalue weighted by Crippen LogP contribution is 2.32. The summed E-state index contributed by atoms with van der Waals surface area (Å²) >= 11 is 3.45. The summed E-state index contributed by atoms with van der Waals surface area (Å²) in [6, 6.07) is 5.13. The Morgan fingerprint density at radius 2 is 2.10 bits per heavy atom. The van der Waals surface area contributed by atoms with Gasteiger partial charge in [0.25, 0.3) is 5.91 Å². The summed E-state index contributed by atoms with van der Waals surface area (Å²) in [4.78, 5) is 26.0. The number of hydrogen-bond donors (Lipinski definition) is 1. The number of nitrogens with one attached hydrogen (secondary N) is 1. The number of amides is 1. The third kappa shape index (κ3) is 3.44. The summed E-state index contributed by atoms with van der Waals surface area (Å²) in [5, 5.41) is 2.87. The van der Waals surface area contributed by atoms with Crippen molar-refractivity contribution in [2.45, 2.75) is 12.5 Å². The molecule has 1 saturated heterocycles. The molecule has 1 heterocycles. The predicted octanol–water partition coefficient (Wildman–Crippen LogP) is 2.03. The van der Waals surface area contributed by atoms with Gasteiger partial charge in [-0.3, -0.25) is 9.59 Å². The lowest BCUT2D eigenvalue weighted by atomic mass is 9.93. The molecule has 21 heavy (non-hydrogen) atoms. The minimum absolute atomic E-state index is 0.160. The molecule has 0 saturated carbocycles. The maximum absolute atomic E-state index is 12.2. The van der Waals surface area contributed by atoms with Crippen LogP contribution in [0.1, 0.15) is 18.0 Å². The quantitative estimate of drug-likeness (QED) is 0.667. The van der Waals surface area contributed by atoms with Crippen molar-refractivity contribution in [3.63, 3.8) is 0 Å². The molecular formula is C15H17BrN2O3. The molecule has 1 atom stereocenters. The highest BCUT2D eigenvalue weighted by molar-refractivity contribution is 9.10. The Labute approximate surface area is 132 Å². The van der Waals surface area contributed by atoms with Gasteiger partial charge in [0.2, 0.25) is 0 Å². The maximum Gasteiger partial charge on any atom is 0.256 e. The van der Waals surface area contributed by atoms with E-state index in [0.717, 1.165) is 10.0 Å². The van der Waals surface area contributed by atoms with Gasteiger partial charge in [0.05, 0.1) is 18.7 Å². The number of rotatable bonds is 3. The van der Waals surface area contributed by atoms with E-state index in [4.69, 9.17) is 4.74 Å². The van der Waals surface area contributed by atoms with Crippen LogP contribution in [-0.4, -0.2) is 37.8 Å².